The van der Waals surface area contributed by atoms with Gasteiger partial charge in [0.1, 0.15) is 23.6 Å². The Balaban J connectivity index is 2.17. The number of rotatable bonds is 4. The first-order valence-corrected chi connectivity index (χ1v) is 6.05. The minimum Gasteiger partial charge on any atom is -0.364 e. The lowest BCUT2D eigenvalue weighted by molar-refractivity contribution is 0.842. The summed E-state index contributed by atoms with van der Waals surface area (Å²) >= 11 is 6.09. The van der Waals surface area contributed by atoms with E-state index in [4.69, 9.17) is 11.6 Å². The van der Waals surface area contributed by atoms with Crippen LogP contribution in [0.15, 0.2) is 24.9 Å². The number of aromatic nitrogens is 4. The second kappa shape index (κ2) is 5.73. The van der Waals surface area contributed by atoms with Gasteiger partial charge in [0.25, 0.3) is 0 Å². The Morgan fingerprint density at radius 1 is 1.22 bits per heavy atom. The standard InChI is InChI=1S/C12H14ClN5/c1-8(2)10-11(13)17-7-18-12(10)15-5-9-3-4-14-6-16-9/h3-4,6-8H,5H2,1-2H3,(H,15,17,18). The Kier molecular flexibility index (Phi) is 4.04. The molecule has 0 radical (unpaired) electrons. The lowest BCUT2D eigenvalue weighted by Crippen LogP contribution is -2.08. The summed E-state index contributed by atoms with van der Waals surface area (Å²) in [7, 11) is 0. The predicted molar refractivity (Wildman–Crippen MR) is 70.5 cm³/mol. The van der Waals surface area contributed by atoms with Gasteiger partial charge >= 0.3 is 0 Å². The highest BCUT2D eigenvalue weighted by Gasteiger charge is 2.13. The zero-order chi connectivity index (χ0) is 13.0. The molecule has 0 atom stereocenters. The van der Waals surface area contributed by atoms with Gasteiger partial charge in [-0.2, -0.15) is 0 Å². The predicted octanol–water partition coefficient (Wildman–Crippen LogP) is 2.66. The molecule has 0 aliphatic carbocycles. The second-order valence-corrected chi connectivity index (χ2v) is 4.49. The normalized spacial score (nSPS) is 10.7. The van der Waals surface area contributed by atoms with Gasteiger partial charge in [0.2, 0.25) is 0 Å². The van der Waals surface area contributed by atoms with Crippen molar-refractivity contribution in [3.63, 3.8) is 0 Å². The Morgan fingerprint density at radius 2 is 2.06 bits per heavy atom. The van der Waals surface area contributed by atoms with Crippen molar-refractivity contribution < 1.29 is 0 Å². The minimum atomic E-state index is 0.256. The van der Waals surface area contributed by atoms with Crippen molar-refractivity contribution in [1.29, 1.82) is 0 Å². The van der Waals surface area contributed by atoms with Gasteiger partial charge in [0.15, 0.2) is 0 Å². The maximum Gasteiger partial charge on any atom is 0.138 e. The summed E-state index contributed by atoms with van der Waals surface area (Å²) in [6.45, 7) is 4.69. The van der Waals surface area contributed by atoms with Crippen LogP contribution in [0.1, 0.15) is 31.0 Å². The Labute approximate surface area is 111 Å². The summed E-state index contributed by atoms with van der Waals surface area (Å²) < 4.78 is 0. The van der Waals surface area contributed by atoms with Gasteiger partial charge in [-0.05, 0) is 12.0 Å². The van der Waals surface area contributed by atoms with Crippen LogP contribution in [0.2, 0.25) is 5.15 Å². The van der Waals surface area contributed by atoms with Crippen LogP contribution in [0.5, 0.6) is 0 Å². The lowest BCUT2D eigenvalue weighted by Gasteiger charge is -2.13. The molecule has 0 aliphatic rings. The van der Waals surface area contributed by atoms with E-state index in [1.54, 1.807) is 6.20 Å². The van der Waals surface area contributed by atoms with Gasteiger partial charge in [0.05, 0.1) is 12.2 Å². The maximum absolute atomic E-state index is 6.09. The molecule has 2 aromatic rings. The van der Waals surface area contributed by atoms with Crippen LogP contribution in [-0.2, 0) is 6.54 Å². The zero-order valence-electron chi connectivity index (χ0n) is 10.3. The van der Waals surface area contributed by atoms with Crippen molar-refractivity contribution in [2.75, 3.05) is 5.32 Å². The van der Waals surface area contributed by atoms with Crippen molar-refractivity contribution in [1.82, 2.24) is 19.9 Å². The SMILES string of the molecule is CC(C)c1c(Cl)ncnc1NCc1ccncn1. The van der Waals surface area contributed by atoms with Crippen LogP contribution in [0.4, 0.5) is 5.82 Å². The first kappa shape index (κ1) is 12.7. The fourth-order valence-electron chi connectivity index (χ4n) is 1.62. The number of anilines is 1. The van der Waals surface area contributed by atoms with Crippen LogP contribution in [0.25, 0.3) is 0 Å². The number of nitrogens with one attached hydrogen (secondary N) is 1. The van der Waals surface area contributed by atoms with Gasteiger partial charge in [-0.1, -0.05) is 25.4 Å². The van der Waals surface area contributed by atoms with Crippen molar-refractivity contribution in [2.45, 2.75) is 26.3 Å². The molecule has 18 heavy (non-hydrogen) atoms. The fourth-order valence-corrected chi connectivity index (χ4v) is 1.97. The Morgan fingerprint density at radius 3 is 2.72 bits per heavy atom. The molecule has 0 amide bonds. The van der Waals surface area contributed by atoms with E-state index in [1.165, 1.54) is 12.7 Å². The first-order valence-electron chi connectivity index (χ1n) is 5.67. The summed E-state index contributed by atoms with van der Waals surface area (Å²) in [5.74, 6) is 1.01. The second-order valence-electron chi connectivity index (χ2n) is 4.14. The van der Waals surface area contributed by atoms with Crippen LogP contribution in [-0.4, -0.2) is 19.9 Å². The van der Waals surface area contributed by atoms with E-state index in [0.717, 1.165) is 17.1 Å². The molecule has 0 aromatic carbocycles. The van der Waals surface area contributed by atoms with Crippen LogP contribution < -0.4 is 5.32 Å². The zero-order valence-corrected chi connectivity index (χ0v) is 11.0. The molecule has 6 heteroatoms. The van der Waals surface area contributed by atoms with Gasteiger partial charge in [0, 0.05) is 11.8 Å². The van der Waals surface area contributed by atoms with E-state index in [0.29, 0.717) is 11.7 Å². The highest BCUT2D eigenvalue weighted by atomic mass is 35.5. The monoisotopic (exact) mass is 263 g/mol. The molecule has 0 unspecified atom stereocenters. The van der Waals surface area contributed by atoms with Gasteiger partial charge < -0.3 is 5.32 Å². The molecule has 2 heterocycles. The molecule has 0 spiro atoms. The van der Waals surface area contributed by atoms with Crippen LogP contribution in [0, 0.1) is 0 Å². The van der Waals surface area contributed by atoms with Crippen molar-refractivity contribution in [2.24, 2.45) is 0 Å². The summed E-state index contributed by atoms with van der Waals surface area (Å²) in [6, 6.07) is 1.85. The van der Waals surface area contributed by atoms with E-state index in [-0.39, 0.29) is 5.92 Å². The van der Waals surface area contributed by atoms with Crippen molar-refractivity contribution in [3.05, 3.63) is 41.3 Å². The third-order valence-corrected chi connectivity index (χ3v) is 2.79. The van der Waals surface area contributed by atoms with Crippen LogP contribution >= 0.6 is 11.6 Å². The molecule has 0 bridgehead atoms. The molecule has 0 fully saturated rings. The Bertz CT molecular complexity index is 515. The molecule has 1 N–H and O–H groups in total. The quantitative estimate of drug-likeness (QED) is 0.859. The topological polar surface area (TPSA) is 63.6 Å². The summed E-state index contributed by atoms with van der Waals surface area (Å²) in [6.07, 6.45) is 4.68. The first-order chi connectivity index (χ1) is 8.68. The van der Waals surface area contributed by atoms with E-state index in [2.05, 4.69) is 39.1 Å². The molecule has 2 aromatic heterocycles. The van der Waals surface area contributed by atoms with Gasteiger partial charge in [-0.3, -0.25) is 0 Å². The average molecular weight is 264 g/mol. The number of hydrogen-bond donors (Lipinski definition) is 1. The molecule has 0 saturated heterocycles. The minimum absolute atomic E-state index is 0.256. The molecule has 0 aliphatic heterocycles. The molecule has 2 rings (SSSR count). The average Bonchev–Trinajstić information content (AvgIpc) is 2.37. The summed E-state index contributed by atoms with van der Waals surface area (Å²) in [4.78, 5) is 16.2. The molecule has 5 nitrogen and oxygen atoms in total. The van der Waals surface area contributed by atoms with E-state index in [1.807, 2.05) is 6.07 Å². The number of halogens is 1. The molecular weight excluding hydrogens is 250 g/mol. The summed E-state index contributed by atoms with van der Waals surface area (Å²) in [5.41, 5.74) is 1.82. The number of hydrogen-bond acceptors (Lipinski definition) is 5. The van der Waals surface area contributed by atoms with E-state index < -0.39 is 0 Å². The fraction of sp³-hybridized carbons (Fsp3) is 0.333. The lowest BCUT2D eigenvalue weighted by atomic mass is 10.1. The van der Waals surface area contributed by atoms with Gasteiger partial charge in [-0.25, -0.2) is 19.9 Å². The molecule has 0 saturated carbocycles. The van der Waals surface area contributed by atoms with E-state index >= 15 is 0 Å². The molecular formula is C12H14ClN5. The number of nitrogens with zero attached hydrogens (tertiary/aromatic N) is 4. The van der Waals surface area contributed by atoms with Crippen molar-refractivity contribution >= 4 is 17.4 Å². The largest absolute Gasteiger partial charge is 0.364 e. The van der Waals surface area contributed by atoms with E-state index in [9.17, 15) is 0 Å². The maximum atomic E-state index is 6.09. The third kappa shape index (κ3) is 2.92. The van der Waals surface area contributed by atoms with Crippen LogP contribution in [0.3, 0.4) is 0 Å². The summed E-state index contributed by atoms with van der Waals surface area (Å²) in [5, 5.41) is 3.72. The smallest absolute Gasteiger partial charge is 0.138 e. The third-order valence-electron chi connectivity index (χ3n) is 2.49. The van der Waals surface area contributed by atoms with Crippen molar-refractivity contribution in [3.8, 4) is 0 Å². The highest BCUT2D eigenvalue weighted by molar-refractivity contribution is 6.30. The highest BCUT2D eigenvalue weighted by Crippen LogP contribution is 2.27. The molecule has 94 valence electrons. The van der Waals surface area contributed by atoms with Gasteiger partial charge in [-0.15, -0.1) is 0 Å². The Hall–Kier alpha value is -1.75.